The quantitative estimate of drug-likeness (QED) is 0.411. The van der Waals surface area contributed by atoms with E-state index >= 15 is 0 Å². The molecule has 2 saturated carbocycles. The number of rotatable bonds is 12. The molecular weight excluding hydrogens is 425 g/mol. The van der Waals surface area contributed by atoms with Crippen LogP contribution in [0.15, 0.2) is 18.2 Å². The summed E-state index contributed by atoms with van der Waals surface area (Å²) in [6.45, 7) is 1.18. The normalized spacial score (nSPS) is 23.0. The third-order valence-electron chi connectivity index (χ3n) is 6.10. The molecule has 3 aliphatic rings. The second-order valence-corrected chi connectivity index (χ2v) is 10.7. The van der Waals surface area contributed by atoms with Gasteiger partial charge in [-0.1, -0.05) is 12.5 Å². The zero-order chi connectivity index (χ0) is 22.1. The van der Waals surface area contributed by atoms with Crippen molar-refractivity contribution in [1.82, 2.24) is 14.9 Å². The lowest BCUT2D eigenvalue weighted by molar-refractivity contribution is -0.119. The van der Waals surface area contributed by atoms with Crippen LogP contribution in [0.3, 0.4) is 0 Å². The predicted octanol–water partition coefficient (Wildman–Crippen LogP) is 1.40. The van der Waals surface area contributed by atoms with Gasteiger partial charge in [-0.3, -0.25) is 9.69 Å². The van der Waals surface area contributed by atoms with Gasteiger partial charge in [-0.05, 0) is 62.1 Å². The molecule has 4 rings (SSSR count). The Morgan fingerprint density at radius 3 is 2.68 bits per heavy atom. The fourth-order valence-corrected chi connectivity index (χ4v) is 5.47. The van der Waals surface area contributed by atoms with Gasteiger partial charge >= 0.3 is 0 Å². The van der Waals surface area contributed by atoms with Crippen LogP contribution in [0, 0.1) is 11.7 Å². The number of carbonyl (C=O) groups is 1. The lowest BCUT2D eigenvalue weighted by atomic mass is 10.1. The Balaban J connectivity index is 1.25. The van der Waals surface area contributed by atoms with Gasteiger partial charge in [0.05, 0.1) is 24.4 Å². The van der Waals surface area contributed by atoms with Gasteiger partial charge in [0.1, 0.15) is 0 Å². The number of sulfonamides is 1. The van der Waals surface area contributed by atoms with E-state index in [1.165, 1.54) is 6.07 Å². The summed E-state index contributed by atoms with van der Waals surface area (Å²) in [5.74, 6) is 0.0496. The van der Waals surface area contributed by atoms with Gasteiger partial charge in [-0.15, -0.1) is 0 Å². The standard InChI is InChI=1S/C21H30FN3O5S/c22-17-7-6-16(12-18(17)30-14-15-4-5-15)21(8-9-21)24-31(28,29)11-3-1-2-10-25-13-19(26)23-20(25)27/h6-7,12,15,20,24,27H,1-5,8-11,13-14H2,(H,23,26). The Kier molecular flexibility index (Phi) is 6.52. The molecule has 8 nitrogen and oxygen atoms in total. The van der Waals surface area contributed by atoms with Crippen molar-refractivity contribution in [3.63, 3.8) is 0 Å². The van der Waals surface area contributed by atoms with E-state index in [9.17, 15) is 22.7 Å². The molecule has 3 fully saturated rings. The third-order valence-corrected chi connectivity index (χ3v) is 7.63. The minimum atomic E-state index is -3.50. The molecule has 0 spiro atoms. The summed E-state index contributed by atoms with van der Waals surface area (Å²) in [7, 11) is -3.50. The van der Waals surface area contributed by atoms with Crippen molar-refractivity contribution in [1.29, 1.82) is 0 Å². The summed E-state index contributed by atoms with van der Waals surface area (Å²) in [5.41, 5.74) is 0.0686. The lowest BCUT2D eigenvalue weighted by Gasteiger charge is -2.20. The highest BCUT2D eigenvalue weighted by atomic mass is 32.2. The SMILES string of the molecule is O=C1CN(CCCCCS(=O)(=O)NC2(c3ccc(F)c(OCC4CC4)c3)CC2)C(O)N1. The van der Waals surface area contributed by atoms with E-state index in [-0.39, 0.29) is 24.0 Å². The first-order valence-corrected chi connectivity index (χ1v) is 12.6. The first-order chi connectivity index (χ1) is 14.8. The number of nitrogens with one attached hydrogen (secondary N) is 2. The van der Waals surface area contributed by atoms with E-state index in [4.69, 9.17) is 4.74 Å². The molecule has 1 saturated heterocycles. The summed E-state index contributed by atoms with van der Waals surface area (Å²) in [6.07, 6.45) is 4.45. The van der Waals surface area contributed by atoms with E-state index in [0.29, 0.717) is 51.2 Å². The maximum Gasteiger partial charge on any atom is 0.237 e. The van der Waals surface area contributed by atoms with Crippen LogP contribution in [0.1, 0.15) is 50.5 Å². The van der Waals surface area contributed by atoms with Gasteiger partial charge in [-0.25, -0.2) is 17.5 Å². The molecule has 1 heterocycles. The lowest BCUT2D eigenvalue weighted by Crippen LogP contribution is -2.37. The van der Waals surface area contributed by atoms with Crippen molar-refractivity contribution >= 4 is 15.9 Å². The van der Waals surface area contributed by atoms with Gasteiger partial charge in [0.15, 0.2) is 17.9 Å². The Hall–Kier alpha value is -1.75. The van der Waals surface area contributed by atoms with Crippen LogP contribution >= 0.6 is 0 Å². The van der Waals surface area contributed by atoms with Crippen molar-refractivity contribution in [3.05, 3.63) is 29.6 Å². The highest BCUT2D eigenvalue weighted by Crippen LogP contribution is 2.47. The molecule has 0 radical (unpaired) electrons. The predicted molar refractivity (Wildman–Crippen MR) is 112 cm³/mol. The van der Waals surface area contributed by atoms with Crippen LogP contribution < -0.4 is 14.8 Å². The molecule has 10 heteroatoms. The van der Waals surface area contributed by atoms with Crippen molar-refractivity contribution < 1.29 is 27.4 Å². The van der Waals surface area contributed by atoms with Gasteiger partial charge < -0.3 is 15.2 Å². The minimum absolute atomic E-state index is 0.000710. The number of ether oxygens (including phenoxy) is 1. The summed E-state index contributed by atoms with van der Waals surface area (Å²) in [6, 6.07) is 4.60. The smallest absolute Gasteiger partial charge is 0.237 e. The molecule has 1 atom stereocenters. The van der Waals surface area contributed by atoms with Crippen LogP contribution in [0.2, 0.25) is 0 Å². The monoisotopic (exact) mass is 455 g/mol. The average molecular weight is 456 g/mol. The molecule has 3 N–H and O–H groups in total. The molecule has 31 heavy (non-hydrogen) atoms. The molecule has 1 unspecified atom stereocenters. The second kappa shape index (κ2) is 9.01. The summed E-state index contributed by atoms with van der Waals surface area (Å²) >= 11 is 0. The number of hydrogen-bond acceptors (Lipinski definition) is 6. The summed E-state index contributed by atoms with van der Waals surface area (Å²) in [5, 5.41) is 12.1. The zero-order valence-corrected chi connectivity index (χ0v) is 18.3. The van der Waals surface area contributed by atoms with Gasteiger partial charge in [0.25, 0.3) is 0 Å². The van der Waals surface area contributed by atoms with E-state index in [2.05, 4.69) is 10.0 Å². The number of aliphatic hydroxyl groups excluding tert-OH is 1. The van der Waals surface area contributed by atoms with Gasteiger partial charge in [0, 0.05) is 6.54 Å². The topological polar surface area (TPSA) is 108 Å². The maximum absolute atomic E-state index is 14.1. The number of nitrogens with zero attached hydrogens (tertiary/aromatic N) is 1. The van der Waals surface area contributed by atoms with Crippen LogP contribution in [0.5, 0.6) is 5.75 Å². The number of amides is 1. The number of halogens is 1. The number of unbranched alkanes of at least 4 members (excludes halogenated alkanes) is 2. The summed E-state index contributed by atoms with van der Waals surface area (Å²) < 4.78 is 47.8. The third kappa shape index (κ3) is 5.94. The first-order valence-electron chi connectivity index (χ1n) is 10.9. The Bertz CT molecular complexity index is 918. The molecule has 2 aliphatic carbocycles. The Morgan fingerprint density at radius 1 is 1.26 bits per heavy atom. The van der Waals surface area contributed by atoms with Gasteiger partial charge in [-0.2, -0.15) is 0 Å². The van der Waals surface area contributed by atoms with E-state index < -0.39 is 27.7 Å². The van der Waals surface area contributed by atoms with Gasteiger partial charge in [0.2, 0.25) is 15.9 Å². The highest BCUT2D eigenvalue weighted by molar-refractivity contribution is 7.89. The van der Waals surface area contributed by atoms with Crippen molar-refractivity contribution in [3.8, 4) is 5.75 Å². The van der Waals surface area contributed by atoms with Crippen molar-refractivity contribution in [2.45, 2.75) is 56.8 Å². The molecule has 172 valence electrons. The molecule has 1 aliphatic heterocycles. The number of carbonyl (C=O) groups excluding carboxylic acids is 1. The second-order valence-electron chi connectivity index (χ2n) is 8.87. The van der Waals surface area contributed by atoms with Crippen LogP contribution in [0.4, 0.5) is 4.39 Å². The molecule has 0 bridgehead atoms. The van der Waals surface area contributed by atoms with Crippen molar-refractivity contribution in [2.24, 2.45) is 5.92 Å². The first kappa shape index (κ1) is 22.4. The fraction of sp³-hybridized carbons (Fsp3) is 0.667. The highest BCUT2D eigenvalue weighted by Gasteiger charge is 2.47. The van der Waals surface area contributed by atoms with E-state index in [1.807, 2.05) is 0 Å². The maximum atomic E-state index is 14.1. The van der Waals surface area contributed by atoms with Crippen LogP contribution in [0.25, 0.3) is 0 Å². The molecular formula is C21H30FN3O5S. The summed E-state index contributed by atoms with van der Waals surface area (Å²) in [4.78, 5) is 12.8. The largest absolute Gasteiger partial charge is 0.490 e. The van der Waals surface area contributed by atoms with E-state index in [1.54, 1.807) is 17.0 Å². The molecule has 0 aromatic heterocycles. The molecule has 1 amide bonds. The minimum Gasteiger partial charge on any atom is -0.490 e. The molecule has 1 aromatic rings. The average Bonchev–Trinajstić information content (AvgIpc) is 3.62. The Labute approximate surface area is 182 Å². The molecule has 1 aromatic carbocycles. The number of benzene rings is 1. The van der Waals surface area contributed by atoms with Crippen LogP contribution in [-0.4, -0.2) is 56.1 Å². The van der Waals surface area contributed by atoms with Crippen LogP contribution in [-0.2, 0) is 20.4 Å². The van der Waals surface area contributed by atoms with Crippen molar-refractivity contribution in [2.75, 3.05) is 25.4 Å². The van der Waals surface area contributed by atoms with E-state index in [0.717, 1.165) is 18.4 Å². The number of aliphatic hydroxyl groups is 1. The Morgan fingerprint density at radius 2 is 2.03 bits per heavy atom. The fourth-order valence-electron chi connectivity index (χ4n) is 3.86. The number of hydrogen-bond donors (Lipinski definition) is 3. The zero-order valence-electron chi connectivity index (χ0n) is 17.5.